The first-order valence-electron chi connectivity index (χ1n) is 7.01. The Morgan fingerprint density at radius 1 is 1.53 bits per heavy atom. The molecule has 6 nitrogen and oxygen atoms in total. The highest BCUT2D eigenvalue weighted by atomic mass is 16.5. The van der Waals surface area contributed by atoms with Crippen molar-refractivity contribution in [1.82, 2.24) is 15.1 Å². The van der Waals surface area contributed by atoms with Crippen molar-refractivity contribution in [3.05, 3.63) is 0 Å². The summed E-state index contributed by atoms with van der Waals surface area (Å²) in [5, 5.41) is 2.96. The summed E-state index contributed by atoms with van der Waals surface area (Å²) >= 11 is 0. The topological polar surface area (TPSA) is 70.8 Å². The van der Waals surface area contributed by atoms with Crippen molar-refractivity contribution in [3.63, 3.8) is 0 Å². The van der Waals surface area contributed by atoms with Crippen molar-refractivity contribution in [1.29, 1.82) is 0 Å². The van der Waals surface area contributed by atoms with Gasteiger partial charge in [-0.05, 0) is 20.4 Å². The number of hydrogen-bond acceptors (Lipinski definition) is 5. The number of ether oxygens (including phenoxy) is 1. The molecular weight excluding hydrogens is 244 g/mol. The Labute approximate surface area is 116 Å². The first kappa shape index (κ1) is 16.4. The van der Waals surface area contributed by atoms with E-state index in [1.807, 2.05) is 6.92 Å². The zero-order valence-corrected chi connectivity index (χ0v) is 12.4. The molecule has 2 atom stereocenters. The van der Waals surface area contributed by atoms with Crippen LogP contribution < -0.4 is 11.1 Å². The fourth-order valence-electron chi connectivity index (χ4n) is 2.47. The largest absolute Gasteiger partial charge is 0.385 e. The highest BCUT2D eigenvalue weighted by Crippen LogP contribution is 2.11. The summed E-state index contributed by atoms with van der Waals surface area (Å²) < 4.78 is 4.96. The molecule has 1 saturated heterocycles. The van der Waals surface area contributed by atoms with E-state index in [4.69, 9.17) is 10.5 Å². The number of methoxy groups -OCH3 is 1. The van der Waals surface area contributed by atoms with Crippen molar-refractivity contribution >= 4 is 5.91 Å². The molecular formula is C13H28N4O2. The Bertz CT molecular complexity index is 275. The van der Waals surface area contributed by atoms with Crippen LogP contribution in [0.2, 0.25) is 0 Å². The van der Waals surface area contributed by atoms with Crippen LogP contribution in [0.4, 0.5) is 0 Å². The van der Waals surface area contributed by atoms with E-state index in [1.165, 1.54) is 0 Å². The molecule has 0 bridgehead atoms. The molecule has 1 aliphatic heterocycles. The second kappa shape index (κ2) is 8.47. The van der Waals surface area contributed by atoms with E-state index in [1.54, 1.807) is 7.11 Å². The highest BCUT2D eigenvalue weighted by molar-refractivity contribution is 5.81. The first-order chi connectivity index (χ1) is 9.10. The minimum atomic E-state index is -0.121. The van der Waals surface area contributed by atoms with Gasteiger partial charge in [-0.15, -0.1) is 0 Å². The molecule has 0 radical (unpaired) electrons. The summed E-state index contributed by atoms with van der Waals surface area (Å²) in [6, 6.07) is 0.142. The van der Waals surface area contributed by atoms with Crippen LogP contribution in [0.15, 0.2) is 0 Å². The number of hydrogen-bond donors (Lipinski definition) is 2. The van der Waals surface area contributed by atoms with Crippen molar-refractivity contribution < 1.29 is 9.53 Å². The smallest absolute Gasteiger partial charge is 0.237 e. The molecule has 0 aromatic heterocycles. The summed E-state index contributed by atoms with van der Waals surface area (Å²) in [5.41, 5.74) is 5.82. The van der Waals surface area contributed by atoms with Gasteiger partial charge in [-0.3, -0.25) is 9.69 Å². The van der Waals surface area contributed by atoms with Crippen LogP contribution in [0.3, 0.4) is 0 Å². The molecule has 3 N–H and O–H groups in total. The predicted molar refractivity (Wildman–Crippen MR) is 76.0 cm³/mol. The van der Waals surface area contributed by atoms with E-state index in [0.29, 0.717) is 19.7 Å². The van der Waals surface area contributed by atoms with Gasteiger partial charge in [0.15, 0.2) is 0 Å². The second-order valence-corrected chi connectivity index (χ2v) is 5.20. The third-order valence-electron chi connectivity index (χ3n) is 3.70. The molecule has 1 rings (SSSR count). The van der Waals surface area contributed by atoms with Crippen LogP contribution in [0, 0.1) is 0 Å². The molecule has 0 aliphatic carbocycles. The van der Waals surface area contributed by atoms with Crippen molar-refractivity contribution in [2.45, 2.75) is 25.4 Å². The van der Waals surface area contributed by atoms with Gasteiger partial charge in [-0.2, -0.15) is 0 Å². The standard InChI is InChI=1S/C13H28N4O2/c1-11(13(18)15-5-4-8-19-3)17-7-6-16(2)10-12(17)9-14/h11-12H,4-10,14H2,1-3H3,(H,15,18). The van der Waals surface area contributed by atoms with Crippen LogP contribution in [-0.2, 0) is 9.53 Å². The first-order valence-corrected chi connectivity index (χ1v) is 7.01. The molecule has 6 heteroatoms. The Morgan fingerprint density at radius 2 is 2.26 bits per heavy atom. The van der Waals surface area contributed by atoms with Gasteiger partial charge in [0.05, 0.1) is 6.04 Å². The van der Waals surface area contributed by atoms with E-state index in [-0.39, 0.29) is 18.0 Å². The summed E-state index contributed by atoms with van der Waals surface area (Å²) in [4.78, 5) is 16.6. The Morgan fingerprint density at radius 3 is 2.89 bits per heavy atom. The fourth-order valence-corrected chi connectivity index (χ4v) is 2.47. The average Bonchev–Trinajstić information content (AvgIpc) is 2.42. The van der Waals surface area contributed by atoms with Gasteiger partial charge < -0.3 is 20.7 Å². The zero-order valence-electron chi connectivity index (χ0n) is 12.4. The van der Waals surface area contributed by atoms with Crippen molar-refractivity contribution in [2.75, 3.05) is 53.5 Å². The Balaban J connectivity index is 2.41. The molecule has 1 aliphatic rings. The maximum atomic E-state index is 12.1. The summed E-state index contributed by atoms with van der Waals surface area (Å²) in [7, 11) is 3.76. The summed E-state index contributed by atoms with van der Waals surface area (Å²) in [5.74, 6) is 0.0825. The molecule has 0 aromatic rings. The van der Waals surface area contributed by atoms with Gasteiger partial charge in [-0.1, -0.05) is 0 Å². The zero-order chi connectivity index (χ0) is 14.3. The third kappa shape index (κ3) is 5.06. The van der Waals surface area contributed by atoms with E-state index in [2.05, 4.69) is 22.2 Å². The van der Waals surface area contributed by atoms with Gasteiger partial charge >= 0.3 is 0 Å². The Kier molecular flexibility index (Phi) is 7.30. The molecule has 19 heavy (non-hydrogen) atoms. The number of amides is 1. The molecule has 0 aromatic carbocycles. The maximum Gasteiger partial charge on any atom is 0.237 e. The molecule has 1 amide bonds. The molecule has 0 spiro atoms. The fraction of sp³-hybridized carbons (Fsp3) is 0.923. The number of likely N-dealkylation sites (N-methyl/N-ethyl adjacent to an activating group) is 1. The minimum Gasteiger partial charge on any atom is -0.385 e. The van der Waals surface area contributed by atoms with Crippen LogP contribution >= 0.6 is 0 Å². The lowest BCUT2D eigenvalue weighted by Crippen LogP contribution is -2.60. The van der Waals surface area contributed by atoms with Crippen LogP contribution in [0.5, 0.6) is 0 Å². The normalized spacial score (nSPS) is 23.3. The number of piperazine rings is 1. The summed E-state index contributed by atoms with van der Waals surface area (Å²) in [6.07, 6.45) is 0.845. The number of nitrogens with one attached hydrogen (secondary N) is 1. The monoisotopic (exact) mass is 272 g/mol. The van der Waals surface area contributed by atoms with Crippen LogP contribution in [0.1, 0.15) is 13.3 Å². The number of nitrogens with zero attached hydrogens (tertiary/aromatic N) is 2. The van der Waals surface area contributed by atoms with E-state index < -0.39 is 0 Å². The molecule has 0 saturated carbocycles. The minimum absolute atomic E-state index is 0.0825. The SMILES string of the molecule is COCCCNC(=O)C(C)N1CCN(C)CC1CN. The van der Waals surface area contributed by atoms with Gasteiger partial charge in [-0.25, -0.2) is 0 Å². The van der Waals surface area contributed by atoms with Crippen LogP contribution in [-0.4, -0.2) is 81.3 Å². The number of nitrogens with two attached hydrogens (primary N) is 1. The Hall–Kier alpha value is -0.690. The molecule has 1 fully saturated rings. The van der Waals surface area contributed by atoms with Crippen molar-refractivity contribution in [3.8, 4) is 0 Å². The van der Waals surface area contributed by atoms with E-state index in [9.17, 15) is 4.79 Å². The molecule has 1 heterocycles. The van der Waals surface area contributed by atoms with Gasteiger partial charge in [0, 0.05) is 52.5 Å². The quantitative estimate of drug-likeness (QED) is 0.588. The van der Waals surface area contributed by atoms with Crippen molar-refractivity contribution in [2.24, 2.45) is 5.73 Å². The predicted octanol–water partition coefficient (Wildman–Crippen LogP) is -0.898. The second-order valence-electron chi connectivity index (χ2n) is 5.20. The average molecular weight is 272 g/mol. The molecule has 2 unspecified atom stereocenters. The van der Waals surface area contributed by atoms with E-state index in [0.717, 1.165) is 26.1 Å². The molecule has 112 valence electrons. The van der Waals surface area contributed by atoms with Crippen LogP contribution in [0.25, 0.3) is 0 Å². The van der Waals surface area contributed by atoms with Gasteiger partial charge in [0.2, 0.25) is 5.91 Å². The lowest BCUT2D eigenvalue weighted by Gasteiger charge is -2.42. The third-order valence-corrected chi connectivity index (χ3v) is 3.70. The summed E-state index contributed by atoms with van der Waals surface area (Å²) in [6.45, 7) is 6.69. The number of carbonyl (C=O) groups is 1. The number of rotatable bonds is 7. The lowest BCUT2D eigenvalue weighted by molar-refractivity contribution is -0.127. The van der Waals surface area contributed by atoms with E-state index >= 15 is 0 Å². The van der Waals surface area contributed by atoms with Gasteiger partial charge in [0.25, 0.3) is 0 Å². The number of carbonyl (C=O) groups excluding carboxylic acids is 1. The lowest BCUT2D eigenvalue weighted by atomic mass is 10.1. The maximum absolute atomic E-state index is 12.1. The highest BCUT2D eigenvalue weighted by Gasteiger charge is 2.30. The van der Waals surface area contributed by atoms with Gasteiger partial charge in [0.1, 0.15) is 0 Å².